The summed E-state index contributed by atoms with van der Waals surface area (Å²) in [6.07, 6.45) is 3.84. The highest BCUT2D eigenvalue weighted by atomic mass is 28.1. The number of hydrogen-bond acceptors (Lipinski definition) is 3. The molecule has 0 N–H and O–H groups in total. The Morgan fingerprint density at radius 2 is 1.47 bits per heavy atom. The number of rotatable bonds is 9. The van der Waals surface area contributed by atoms with E-state index in [2.05, 4.69) is 11.8 Å². The van der Waals surface area contributed by atoms with Crippen LogP contribution in [-0.4, -0.2) is 36.0 Å². The van der Waals surface area contributed by atoms with Gasteiger partial charge in [-0.15, -0.1) is 5.70 Å². The molecule has 0 saturated heterocycles. The molecule has 3 nitrogen and oxygen atoms in total. The molecule has 4 heteroatoms. The van der Waals surface area contributed by atoms with E-state index in [-0.39, 0.29) is 0 Å². The molecule has 0 spiro atoms. The molecular formula is C11H24O3Si. The first kappa shape index (κ1) is 14.8. The molecule has 0 saturated carbocycles. The SMILES string of the molecule is CCOC(CCC=C[SiH3])(OCC)OCC. The van der Waals surface area contributed by atoms with Crippen LogP contribution in [0.15, 0.2) is 11.8 Å². The van der Waals surface area contributed by atoms with Gasteiger partial charge in [0.25, 0.3) is 5.97 Å². The molecular weight excluding hydrogens is 208 g/mol. The van der Waals surface area contributed by atoms with Gasteiger partial charge >= 0.3 is 0 Å². The monoisotopic (exact) mass is 232 g/mol. The lowest BCUT2D eigenvalue weighted by Gasteiger charge is -2.32. The van der Waals surface area contributed by atoms with E-state index in [9.17, 15) is 0 Å². The first-order chi connectivity index (χ1) is 7.24. The summed E-state index contributed by atoms with van der Waals surface area (Å²) >= 11 is 0. The fraction of sp³-hybridized carbons (Fsp3) is 0.818. The Morgan fingerprint density at radius 1 is 1.00 bits per heavy atom. The number of ether oxygens (including phenoxy) is 3. The van der Waals surface area contributed by atoms with Crippen molar-refractivity contribution in [3.8, 4) is 0 Å². The van der Waals surface area contributed by atoms with Gasteiger partial charge in [0.2, 0.25) is 0 Å². The molecule has 0 bridgehead atoms. The first-order valence-corrected chi connectivity index (χ1v) is 6.93. The van der Waals surface area contributed by atoms with Gasteiger partial charge in [-0.05, 0) is 27.2 Å². The Morgan fingerprint density at radius 3 is 1.80 bits per heavy atom. The molecule has 0 aliphatic carbocycles. The van der Waals surface area contributed by atoms with Crippen LogP contribution in [0.4, 0.5) is 0 Å². The quantitative estimate of drug-likeness (QED) is 0.444. The maximum Gasteiger partial charge on any atom is 0.283 e. The fourth-order valence-electron chi connectivity index (χ4n) is 1.43. The zero-order chi connectivity index (χ0) is 11.6. The van der Waals surface area contributed by atoms with E-state index in [0.29, 0.717) is 19.8 Å². The largest absolute Gasteiger partial charge is 0.328 e. The lowest BCUT2D eigenvalue weighted by atomic mass is 10.2. The normalized spacial score (nSPS) is 12.7. The summed E-state index contributed by atoms with van der Waals surface area (Å²) < 4.78 is 16.8. The van der Waals surface area contributed by atoms with Crippen molar-refractivity contribution in [3.05, 3.63) is 11.8 Å². The van der Waals surface area contributed by atoms with Crippen LogP contribution in [0.2, 0.25) is 0 Å². The Kier molecular flexibility index (Phi) is 8.99. The van der Waals surface area contributed by atoms with Gasteiger partial charge in [0.1, 0.15) is 0 Å². The van der Waals surface area contributed by atoms with Crippen LogP contribution in [-0.2, 0) is 14.2 Å². The van der Waals surface area contributed by atoms with Crippen molar-refractivity contribution in [2.75, 3.05) is 19.8 Å². The van der Waals surface area contributed by atoms with Crippen LogP contribution >= 0.6 is 0 Å². The minimum atomic E-state index is -0.834. The Labute approximate surface area is 96.2 Å². The molecule has 0 unspecified atom stereocenters. The summed E-state index contributed by atoms with van der Waals surface area (Å²) in [6.45, 7) is 7.67. The zero-order valence-corrected chi connectivity index (χ0v) is 12.4. The highest BCUT2D eigenvalue weighted by Crippen LogP contribution is 2.22. The van der Waals surface area contributed by atoms with Crippen molar-refractivity contribution < 1.29 is 14.2 Å². The lowest BCUT2D eigenvalue weighted by molar-refractivity contribution is -0.379. The van der Waals surface area contributed by atoms with Gasteiger partial charge in [-0.25, -0.2) is 0 Å². The predicted molar refractivity (Wildman–Crippen MR) is 65.9 cm³/mol. The van der Waals surface area contributed by atoms with E-state index < -0.39 is 5.97 Å². The summed E-state index contributed by atoms with van der Waals surface area (Å²) in [6, 6.07) is 0. The Bertz CT molecular complexity index is 154. The number of allylic oxidation sites excluding steroid dienone is 1. The first-order valence-electron chi connectivity index (χ1n) is 5.77. The molecule has 0 atom stereocenters. The van der Waals surface area contributed by atoms with Crippen LogP contribution in [0.5, 0.6) is 0 Å². The van der Waals surface area contributed by atoms with Crippen molar-refractivity contribution in [1.82, 2.24) is 0 Å². The highest BCUT2D eigenvalue weighted by Gasteiger charge is 2.31. The second-order valence-electron chi connectivity index (χ2n) is 3.09. The third kappa shape index (κ3) is 6.09. The third-order valence-electron chi connectivity index (χ3n) is 1.95. The smallest absolute Gasteiger partial charge is 0.283 e. The van der Waals surface area contributed by atoms with Crippen molar-refractivity contribution >= 4 is 10.2 Å². The molecule has 0 radical (unpaired) electrons. The van der Waals surface area contributed by atoms with Crippen LogP contribution in [0.3, 0.4) is 0 Å². The van der Waals surface area contributed by atoms with Crippen molar-refractivity contribution in [1.29, 1.82) is 0 Å². The lowest BCUT2D eigenvalue weighted by Crippen LogP contribution is -2.39. The molecule has 0 aliphatic heterocycles. The van der Waals surface area contributed by atoms with Gasteiger partial charge in [-0.3, -0.25) is 0 Å². The van der Waals surface area contributed by atoms with Gasteiger partial charge in [-0.2, -0.15) is 0 Å². The van der Waals surface area contributed by atoms with E-state index in [1.54, 1.807) is 0 Å². The van der Waals surface area contributed by atoms with Crippen LogP contribution < -0.4 is 0 Å². The fourth-order valence-corrected chi connectivity index (χ4v) is 1.76. The maximum absolute atomic E-state index is 5.59. The molecule has 0 aromatic rings. The Hall–Kier alpha value is -0.163. The van der Waals surface area contributed by atoms with Crippen LogP contribution in [0, 0.1) is 0 Å². The molecule has 0 fully saturated rings. The summed E-state index contributed by atoms with van der Waals surface area (Å²) in [4.78, 5) is 0. The van der Waals surface area contributed by atoms with Gasteiger partial charge < -0.3 is 14.2 Å². The molecule has 15 heavy (non-hydrogen) atoms. The molecule has 0 aromatic carbocycles. The molecule has 0 aliphatic rings. The molecule has 0 rings (SSSR count). The van der Waals surface area contributed by atoms with Crippen molar-refractivity contribution in [2.24, 2.45) is 0 Å². The maximum atomic E-state index is 5.59. The second-order valence-corrected chi connectivity index (χ2v) is 3.76. The molecule has 0 amide bonds. The highest BCUT2D eigenvalue weighted by molar-refractivity contribution is 6.16. The summed E-state index contributed by atoms with van der Waals surface area (Å²) in [5, 5.41) is 0. The molecule has 90 valence electrons. The summed E-state index contributed by atoms with van der Waals surface area (Å²) in [5.74, 6) is -0.834. The van der Waals surface area contributed by atoms with E-state index in [4.69, 9.17) is 14.2 Å². The van der Waals surface area contributed by atoms with Gasteiger partial charge in [0, 0.05) is 36.5 Å². The average Bonchev–Trinajstić information content (AvgIpc) is 2.19. The number of hydrogen-bond donors (Lipinski definition) is 0. The average molecular weight is 232 g/mol. The molecule has 0 heterocycles. The van der Waals surface area contributed by atoms with Crippen LogP contribution in [0.25, 0.3) is 0 Å². The van der Waals surface area contributed by atoms with Gasteiger partial charge in [0.15, 0.2) is 0 Å². The van der Waals surface area contributed by atoms with Crippen molar-refractivity contribution in [2.45, 2.75) is 39.6 Å². The molecule has 0 aromatic heterocycles. The minimum Gasteiger partial charge on any atom is -0.328 e. The van der Waals surface area contributed by atoms with Gasteiger partial charge in [0.05, 0.1) is 0 Å². The zero-order valence-electron chi connectivity index (χ0n) is 10.4. The minimum absolute atomic E-state index is 0.602. The van der Waals surface area contributed by atoms with Crippen LogP contribution in [0.1, 0.15) is 33.6 Å². The third-order valence-corrected chi connectivity index (χ3v) is 2.42. The summed E-state index contributed by atoms with van der Waals surface area (Å²) in [5.41, 5.74) is 2.16. The van der Waals surface area contributed by atoms with E-state index >= 15 is 0 Å². The second kappa shape index (κ2) is 9.09. The topological polar surface area (TPSA) is 27.7 Å². The predicted octanol–water partition coefficient (Wildman–Crippen LogP) is 1.41. The van der Waals surface area contributed by atoms with E-state index in [1.165, 1.54) is 0 Å². The standard InChI is InChI=1S/C11H24O3Si/c1-4-12-11(13-5-2,14-6-3)9-7-8-10-15/h8,10H,4-7,9H2,1-3,15H3. The summed E-state index contributed by atoms with van der Waals surface area (Å²) in [7, 11) is 1.09. The van der Waals surface area contributed by atoms with Gasteiger partial charge in [-0.1, -0.05) is 6.08 Å². The van der Waals surface area contributed by atoms with Crippen molar-refractivity contribution in [3.63, 3.8) is 0 Å². The van der Waals surface area contributed by atoms with E-state index in [1.807, 2.05) is 20.8 Å². The van der Waals surface area contributed by atoms with E-state index in [0.717, 1.165) is 23.1 Å². The Balaban J connectivity index is 4.30.